The summed E-state index contributed by atoms with van der Waals surface area (Å²) in [5.74, 6) is -1.38. The molecule has 0 bridgehead atoms. The first kappa shape index (κ1) is 19.1. The minimum absolute atomic E-state index is 0.230. The van der Waals surface area contributed by atoms with Crippen LogP contribution in [0.2, 0.25) is 10.0 Å². The number of carbonyl (C=O) groups excluding carboxylic acids is 3. The quantitative estimate of drug-likeness (QED) is 0.808. The van der Waals surface area contributed by atoms with Crippen molar-refractivity contribution in [3.63, 3.8) is 0 Å². The van der Waals surface area contributed by atoms with Crippen LogP contribution in [0.3, 0.4) is 0 Å². The molecule has 0 spiro atoms. The zero-order valence-electron chi connectivity index (χ0n) is 12.6. The number of benzene rings is 1. The van der Waals surface area contributed by atoms with Gasteiger partial charge in [0, 0.05) is 5.02 Å². The normalized spacial score (nSPS) is 12.7. The molecule has 0 aromatic heterocycles. The van der Waals surface area contributed by atoms with Gasteiger partial charge in [0.05, 0.1) is 12.1 Å². The summed E-state index contributed by atoms with van der Waals surface area (Å²) in [4.78, 5) is 34.3. The lowest BCUT2D eigenvalue weighted by molar-refractivity contribution is -0.160. The molecule has 0 saturated carbocycles. The number of hydrogen-bond donors (Lipinski definition) is 1. The Hall–Kier alpha value is -1.99. The van der Waals surface area contributed by atoms with E-state index in [0.29, 0.717) is 5.02 Å². The summed E-state index contributed by atoms with van der Waals surface area (Å²) in [6.45, 7) is 2.73. The van der Waals surface area contributed by atoms with Crippen molar-refractivity contribution < 1.29 is 28.6 Å². The Morgan fingerprint density at radius 1 is 1.13 bits per heavy atom. The molecule has 126 valence electrons. The van der Waals surface area contributed by atoms with Crippen molar-refractivity contribution in [2.45, 2.75) is 26.1 Å². The van der Waals surface area contributed by atoms with E-state index in [2.05, 4.69) is 4.74 Å². The smallest absolute Gasteiger partial charge is 0.413 e. The molecular weight excluding hydrogens is 349 g/mol. The summed E-state index contributed by atoms with van der Waals surface area (Å²) in [6, 6.07) is 4.51. The first-order chi connectivity index (χ1) is 10.7. The fraction of sp³-hybridized carbons (Fsp3) is 0.357. The highest BCUT2D eigenvalue weighted by molar-refractivity contribution is 6.35. The molecule has 0 unspecified atom stereocenters. The summed E-state index contributed by atoms with van der Waals surface area (Å²) in [5.41, 5.74) is 0. The maximum Gasteiger partial charge on any atom is 0.413 e. The van der Waals surface area contributed by atoms with Crippen LogP contribution in [-0.4, -0.2) is 37.3 Å². The Kier molecular flexibility index (Phi) is 7.12. The molecule has 1 N–H and O–H groups in total. The number of rotatable bonds is 5. The fourth-order valence-electron chi connectivity index (χ4n) is 1.39. The van der Waals surface area contributed by atoms with Crippen molar-refractivity contribution in [3.8, 4) is 5.75 Å². The summed E-state index contributed by atoms with van der Waals surface area (Å²) in [7, 11) is 1.10. The summed E-state index contributed by atoms with van der Waals surface area (Å²) in [5, 5.41) is 2.54. The maximum absolute atomic E-state index is 11.9. The van der Waals surface area contributed by atoms with Gasteiger partial charge in [0.2, 0.25) is 0 Å². The van der Waals surface area contributed by atoms with E-state index in [0.717, 1.165) is 7.11 Å². The number of methoxy groups -OCH3 is 1. The average Bonchev–Trinajstić information content (AvgIpc) is 2.49. The first-order valence-corrected chi connectivity index (χ1v) is 7.21. The number of nitrogens with one attached hydrogen (secondary N) is 1. The van der Waals surface area contributed by atoms with Crippen LogP contribution >= 0.6 is 23.2 Å². The van der Waals surface area contributed by atoms with Crippen LogP contribution in [0.1, 0.15) is 13.8 Å². The van der Waals surface area contributed by atoms with Crippen molar-refractivity contribution >= 4 is 41.2 Å². The van der Waals surface area contributed by atoms with Gasteiger partial charge < -0.3 is 14.2 Å². The highest BCUT2D eigenvalue weighted by atomic mass is 35.5. The maximum atomic E-state index is 11.9. The topological polar surface area (TPSA) is 90.9 Å². The van der Waals surface area contributed by atoms with Crippen molar-refractivity contribution in [2.24, 2.45) is 0 Å². The standard InChI is InChI=1S/C14H15Cl2NO6/c1-7(12(18)17-14(20)21-3)23-13(19)8(2)22-11-5-4-9(15)6-10(11)16/h4-8H,1-3H3,(H,17,18,20)/t7-,8-/m0/s1. The van der Waals surface area contributed by atoms with Gasteiger partial charge in [0.25, 0.3) is 5.91 Å². The molecule has 0 fully saturated rings. The Labute approximate surface area is 142 Å². The lowest BCUT2D eigenvalue weighted by Crippen LogP contribution is -2.41. The van der Waals surface area contributed by atoms with Crippen LogP contribution < -0.4 is 10.1 Å². The van der Waals surface area contributed by atoms with E-state index in [1.54, 1.807) is 6.07 Å². The highest BCUT2D eigenvalue weighted by Gasteiger charge is 2.25. The van der Waals surface area contributed by atoms with E-state index in [1.165, 1.54) is 26.0 Å². The third-order valence-corrected chi connectivity index (χ3v) is 3.13. The van der Waals surface area contributed by atoms with Crippen LogP contribution in [0.25, 0.3) is 0 Å². The molecule has 7 nitrogen and oxygen atoms in total. The fourth-order valence-corrected chi connectivity index (χ4v) is 1.84. The zero-order valence-corrected chi connectivity index (χ0v) is 14.1. The van der Waals surface area contributed by atoms with Gasteiger partial charge in [-0.05, 0) is 32.0 Å². The number of hydrogen-bond acceptors (Lipinski definition) is 6. The number of halogens is 2. The second-order valence-electron chi connectivity index (χ2n) is 4.39. The predicted octanol–water partition coefficient (Wildman–Crippen LogP) is 2.58. The van der Waals surface area contributed by atoms with Gasteiger partial charge in [-0.3, -0.25) is 10.1 Å². The summed E-state index contributed by atoms with van der Waals surface area (Å²) >= 11 is 11.7. The number of carbonyl (C=O) groups is 3. The van der Waals surface area contributed by atoms with Gasteiger partial charge in [-0.2, -0.15) is 0 Å². The zero-order chi connectivity index (χ0) is 17.6. The molecule has 2 atom stereocenters. The SMILES string of the molecule is COC(=O)NC(=O)[C@H](C)OC(=O)[C@H](C)Oc1ccc(Cl)cc1Cl. The molecule has 0 aliphatic carbocycles. The Morgan fingerprint density at radius 3 is 2.35 bits per heavy atom. The monoisotopic (exact) mass is 363 g/mol. The van der Waals surface area contributed by atoms with Crippen molar-refractivity contribution in [3.05, 3.63) is 28.2 Å². The van der Waals surface area contributed by atoms with Crippen LogP contribution in [0.5, 0.6) is 5.75 Å². The summed E-state index contributed by atoms with van der Waals surface area (Å²) < 4.78 is 14.5. The van der Waals surface area contributed by atoms with Gasteiger partial charge in [0.1, 0.15) is 5.75 Å². The van der Waals surface area contributed by atoms with Crippen molar-refractivity contribution in [1.82, 2.24) is 5.32 Å². The molecule has 2 amide bonds. The molecule has 0 heterocycles. The molecule has 0 radical (unpaired) electrons. The van der Waals surface area contributed by atoms with E-state index >= 15 is 0 Å². The van der Waals surface area contributed by atoms with Crippen LogP contribution in [0.4, 0.5) is 4.79 Å². The molecule has 0 saturated heterocycles. The minimum atomic E-state index is -1.20. The molecule has 23 heavy (non-hydrogen) atoms. The van der Waals surface area contributed by atoms with E-state index in [-0.39, 0.29) is 10.8 Å². The largest absolute Gasteiger partial charge is 0.477 e. The number of esters is 1. The van der Waals surface area contributed by atoms with Gasteiger partial charge >= 0.3 is 12.1 Å². The molecular formula is C14H15Cl2NO6. The molecule has 9 heteroatoms. The molecule has 0 aliphatic rings. The third kappa shape index (κ3) is 5.96. The van der Waals surface area contributed by atoms with Crippen LogP contribution in [-0.2, 0) is 19.1 Å². The van der Waals surface area contributed by atoms with Crippen molar-refractivity contribution in [1.29, 1.82) is 0 Å². The average molecular weight is 364 g/mol. The van der Waals surface area contributed by atoms with Gasteiger partial charge in [-0.25, -0.2) is 9.59 Å². The Morgan fingerprint density at radius 2 is 1.78 bits per heavy atom. The number of imide groups is 1. The van der Waals surface area contributed by atoms with Gasteiger partial charge in [-0.15, -0.1) is 0 Å². The second kappa shape index (κ2) is 8.59. The van der Waals surface area contributed by atoms with Crippen LogP contribution in [0.15, 0.2) is 18.2 Å². The van der Waals surface area contributed by atoms with Gasteiger partial charge in [-0.1, -0.05) is 23.2 Å². The molecule has 1 aromatic carbocycles. The highest BCUT2D eigenvalue weighted by Crippen LogP contribution is 2.28. The molecule has 1 aromatic rings. The number of amides is 2. The third-order valence-electron chi connectivity index (χ3n) is 2.60. The summed E-state index contributed by atoms with van der Waals surface area (Å²) in [6.07, 6.45) is -3.18. The predicted molar refractivity (Wildman–Crippen MR) is 82.7 cm³/mol. The first-order valence-electron chi connectivity index (χ1n) is 6.45. The van der Waals surface area contributed by atoms with Crippen LogP contribution in [0, 0.1) is 0 Å². The van der Waals surface area contributed by atoms with E-state index in [9.17, 15) is 14.4 Å². The lowest BCUT2D eigenvalue weighted by Gasteiger charge is -2.17. The lowest BCUT2D eigenvalue weighted by atomic mass is 10.3. The van der Waals surface area contributed by atoms with E-state index in [4.69, 9.17) is 32.7 Å². The Bertz CT molecular complexity index is 607. The number of ether oxygens (including phenoxy) is 3. The Balaban J connectivity index is 2.59. The van der Waals surface area contributed by atoms with Crippen molar-refractivity contribution in [2.75, 3.05) is 7.11 Å². The van der Waals surface area contributed by atoms with E-state index < -0.39 is 30.2 Å². The van der Waals surface area contributed by atoms with E-state index in [1.807, 2.05) is 5.32 Å². The second-order valence-corrected chi connectivity index (χ2v) is 5.24. The number of alkyl carbamates (subject to hydrolysis) is 1. The van der Waals surface area contributed by atoms with Gasteiger partial charge in [0.15, 0.2) is 12.2 Å². The minimum Gasteiger partial charge on any atom is -0.477 e. The molecule has 1 rings (SSSR count). The molecule has 0 aliphatic heterocycles.